The molecule has 4 heteroatoms. The Morgan fingerprint density at radius 1 is 1.47 bits per heavy atom. The summed E-state index contributed by atoms with van der Waals surface area (Å²) in [5.41, 5.74) is 0. The molecule has 0 radical (unpaired) electrons. The van der Waals surface area contributed by atoms with Crippen molar-refractivity contribution in [2.75, 3.05) is 13.1 Å². The number of Topliss-reactive ketones (excluding diaryl/α,β-unsaturated/α-hetero) is 1. The Hall–Kier alpha value is -0.510. The van der Waals surface area contributed by atoms with Gasteiger partial charge in [-0.25, -0.2) is 8.78 Å². The van der Waals surface area contributed by atoms with Gasteiger partial charge in [-0.2, -0.15) is 0 Å². The SMILES string of the molecule is CCC(CC)C(=O)C1CCNCC1(F)F. The molecular weight excluding hydrogens is 200 g/mol. The van der Waals surface area contributed by atoms with Crippen molar-refractivity contribution in [2.24, 2.45) is 11.8 Å². The highest BCUT2D eigenvalue weighted by Crippen LogP contribution is 2.33. The van der Waals surface area contributed by atoms with Crippen molar-refractivity contribution in [3.63, 3.8) is 0 Å². The molecule has 1 aliphatic rings. The molecule has 0 saturated carbocycles. The molecule has 1 fully saturated rings. The van der Waals surface area contributed by atoms with E-state index in [1.165, 1.54) is 0 Å². The molecule has 15 heavy (non-hydrogen) atoms. The lowest BCUT2D eigenvalue weighted by Crippen LogP contribution is -2.50. The third-order valence-electron chi connectivity index (χ3n) is 3.21. The van der Waals surface area contributed by atoms with Crippen molar-refractivity contribution in [1.82, 2.24) is 5.32 Å². The zero-order valence-electron chi connectivity index (χ0n) is 9.35. The topological polar surface area (TPSA) is 29.1 Å². The number of hydrogen-bond donors (Lipinski definition) is 1. The van der Waals surface area contributed by atoms with Crippen LogP contribution in [0.15, 0.2) is 0 Å². The number of ketones is 1. The van der Waals surface area contributed by atoms with E-state index in [-0.39, 0.29) is 24.7 Å². The molecule has 0 spiro atoms. The standard InChI is InChI=1S/C11H19F2NO/c1-3-8(4-2)10(15)9-5-6-14-7-11(9,12)13/h8-9,14H,3-7H2,1-2H3. The molecular formula is C11H19F2NO. The molecule has 1 N–H and O–H groups in total. The van der Waals surface area contributed by atoms with Crippen LogP contribution >= 0.6 is 0 Å². The van der Waals surface area contributed by atoms with Crippen molar-refractivity contribution < 1.29 is 13.6 Å². The Labute approximate surface area is 89.4 Å². The Bertz CT molecular complexity index is 227. The fourth-order valence-corrected chi connectivity index (χ4v) is 2.16. The number of alkyl halides is 2. The summed E-state index contributed by atoms with van der Waals surface area (Å²) in [7, 11) is 0. The fourth-order valence-electron chi connectivity index (χ4n) is 2.16. The smallest absolute Gasteiger partial charge is 0.269 e. The molecule has 1 heterocycles. The van der Waals surface area contributed by atoms with E-state index in [0.717, 1.165) is 0 Å². The summed E-state index contributed by atoms with van der Waals surface area (Å²) in [6.07, 6.45) is 1.59. The molecule has 0 aromatic rings. The molecule has 88 valence electrons. The lowest BCUT2D eigenvalue weighted by molar-refractivity contribution is -0.144. The predicted molar refractivity (Wildman–Crippen MR) is 55.0 cm³/mol. The zero-order chi connectivity index (χ0) is 11.5. The van der Waals surface area contributed by atoms with Gasteiger partial charge in [-0.1, -0.05) is 13.8 Å². The minimum absolute atomic E-state index is 0.195. The summed E-state index contributed by atoms with van der Waals surface area (Å²) in [6, 6.07) is 0. The van der Waals surface area contributed by atoms with Gasteiger partial charge in [0.15, 0.2) is 0 Å². The van der Waals surface area contributed by atoms with E-state index in [0.29, 0.717) is 19.4 Å². The van der Waals surface area contributed by atoms with Gasteiger partial charge < -0.3 is 5.32 Å². The summed E-state index contributed by atoms with van der Waals surface area (Å²) in [5.74, 6) is -4.37. The van der Waals surface area contributed by atoms with Crippen molar-refractivity contribution in [3.05, 3.63) is 0 Å². The molecule has 0 aliphatic carbocycles. The van der Waals surface area contributed by atoms with Gasteiger partial charge in [0.25, 0.3) is 5.92 Å². The van der Waals surface area contributed by atoms with E-state index in [1.807, 2.05) is 13.8 Å². The van der Waals surface area contributed by atoms with Crippen LogP contribution in [0.5, 0.6) is 0 Å². The molecule has 0 aromatic carbocycles. The van der Waals surface area contributed by atoms with Gasteiger partial charge >= 0.3 is 0 Å². The van der Waals surface area contributed by atoms with Gasteiger partial charge in [0, 0.05) is 5.92 Å². The van der Waals surface area contributed by atoms with Crippen LogP contribution in [0.2, 0.25) is 0 Å². The van der Waals surface area contributed by atoms with E-state index in [9.17, 15) is 13.6 Å². The van der Waals surface area contributed by atoms with Gasteiger partial charge in [0.05, 0.1) is 12.5 Å². The van der Waals surface area contributed by atoms with Crippen molar-refractivity contribution in [3.8, 4) is 0 Å². The molecule has 0 bridgehead atoms. The Kier molecular flexibility index (Phi) is 4.20. The summed E-state index contributed by atoms with van der Waals surface area (Å²) < 4.78 is 26.9. The van der Waals surface area contributed by atoms with Crippen molar-refractivity contribution in [1.29, 1.82) is 0 Å². The van der Waals surface area contributed by atoms with Gasteiger partial charge in [0.2, 0.25) is 0 Å². The van der Waals surface area contributed by atoms with Crippen LogP contribution in [0.3, 0.4) is 0 Å². The molecule has 1 aliphatic heterocycles. The summed E-state index contributed by atoms with van der Waals surface area (Å²) in [5, 5.41) is 2.63. The first kappa shape index (κ1) is 12.6. The first-order valence-electron chi connectivity index (χ1n) is 5.65. The number of nitrogens with one attached hydrogen (secondary N) is 1. The van der Waals surface area contributed by atoms with E-state index in [2.05, 4.69) is 5.32 Å². The Morgan fingerprint density at radius 3 is 2.53 bits per heavy atom. The summed E-state index contributed by atoms with van der Waals surface area (Å²) >= 11 is 0. The molecule has 1 unspecified atom stereocenters. The first-order valence-corrected chi connectivity index (χ1v) is 5.65. The third-order valence-corrected chi connectivity index (χ3v) is 3.21. The number of hydrogen-bond acceptors (Lipinski definition) is 2. The van der Waals surface area contributed by atoms with Crippen LogP contribution in [0.1, 0.15) is 33.1 Å². The van der Waals surface area contributed by atoms with Gasteiger partial charge in [-0.05, 0) is 25.8 Å². The van der Waals surface area contributed by atoms with Crippen LogP contribution in [-0.4, -0.2) is 24.8 Å². The van der Waals surface area contributed by atoms with Crippen molar-refractivity contribution >= 4 is 5.78 Å². The maximum absolute atomic E-state index is 13.5. The van der Waals surface area contributed by atoms with Crippen LogP contribution < -0.4 is 5.32 Å². The van der Waals surface area contributed by atoms with Crippen molar-refractivity contribution in [2.45, 2.75) is 39.0 Å². The number of carbonyl (C=O) groups excluding carboxylic acids is 1. The minimum atomic E-state index is -2.86. The minimum Gasteiger partial charge on any atom is -0.311 e. The highest BCUT2D eigenvalue weighted by molar-refractivity contribution is 5.84. The average molecular weight is 219 g/mol. The number of carbonyl (C=O) groups is 1. The van der Waals surface area contributed by atoms with Crippen LogP contribution in [0, 0.1) is 11.8 Å². The molecule has 1 rings (SSSR count). The second-order valence-electron chi connectivity index (χ2n) is 4.19. The van der Waals surface area contributed by atoms with E-state index < -0.39 is 11.8 Å². The highest BCUT2D eigenvalue weighted by atomic mass is 19.3. The van der Waals surface area contributed by atoms with Gasteiger partial charge in [0.1, 0.15) is 5.78 Å². The Morgan fingerprint density at radius 2 is 2.07 bits per heavy atom. The Balaban J connectivity index is 2.72. The summed E-state index contributed by atoms with van der Waals surface area (Å²) in [4.78, 5) is 11.9. The van der Waals surface area contributed by atoms with E-state index in [4.69, 9.17) is 0 Å². The maximum atomic E-state index is 13.5. The van der Waals surface area contributed by atoms with Gasteiger partial charge in [-0.3, -0.25) is 4.79 Å². The first-order chi connectivity index (χ1) is 7.03. The monoisotopic (exact) mass is 219 g/mol. The summed E-state index contributed by atoms with van der Waals surface area (Å²) in [6.45, 7) is 3.92. The second-order valence-corrected chi connectivity index (χ2v) is 4.19. The lowest BCUT2D eigenvalue weighted by atomic mass is 9.82. The lowest BCUT2D eigenvalue weighted by Gasteiger charge is -2.32. The van der Waals surface area contributed by atoms with Crippen LogP contribution in [0.25, 0.3) is 0 Å². The average Bonchev–Trinajstić information content (AvgIpc) is 2.18. The van der Waals surface area contributed by atoms with Crippen LogP contribution in [-0.2, 0) is 4.79 Å². The second kappa shape index (κ2) is 5.01. The fraction of sp³-hybridized carbons (Fsp3) is 0.909. The zero-order valence-corrected chi connectivity index (χ0v) is 9.35. The molecule has 0 aromatic heterocycles. The van der Waals surface area contributed by atoms with E-state index in [1.54, 1.807) is 0 Å². The molecule has 1 saturated heterocycles. The van der Waals surface area contributed by atoms with Crippen LogP contribution in [0.4, 0.5) is 8.78 Å². The van der Waals surface area contributed by atoms with E-state index >= 15 is 0 Å². The normalized spacial score (nSPS) is 25.5. The molecule has 2 nitrogen and oxygen atoms in total. The molecule has 1 atom stereocenters. The van der Waals surface area contributed by atoms with Gasteiger partial charge in [-0.15, -0.1) is 0 Å². The molecule has 0 amide bonds. The third kappa shape index (κ3) is 2.74. The highest BCUT2D eigenvalue weighted by Gasteiger charge is 2.46. The predicted octanol–water partition coefficient (Wildman–Crippen LogP) is 2.24. The number of halogens is 2. The quantitative estimate of drug-likeness (QED) is 0.785. The number of piperidine rings is 1. The largest absolute Gasteiger partial charge is 0.311 e. The maximum Gasteiger partial charge on any atom is 0.269 e. The number of rotatable bonds is 4.